The third-order valence-electron chi connectivity index (χ3n) is 7.59. The van der Waals surface area contributed by atoms with Gasteiger partial charge in [-0.05, 0) is 60.4 Å². The highest BCUT2D eigenvalue weighted by Gasteiger charge is 2.44. The molecule has 3 aromatic carbocycles. The molecule has 1 aliphatic rings. The molecule has 1 saturated carbocycles. The van der Waals surface area contributed by atoms with Gasteiger partial charge in [0.2, 0.25) is 5.91 Å². The number of nitrogens with zero attached hydrogens (tertiary/aromatic N) is 1. The number of carboxylic acids is 1. The highest BCUT2D eigenvalue weighted by molar-refractivity contribution is 6.30. The van der Waals surface area contributed by atoms with Gasteiger partial charge in [-0.2, -0.15) is 13.2 Å². The number of aliphatic carboxylic acids is 1. The molecule has 5 rings (SSSR count). The number of aromatic nitrogens is 1. The average Bonchev–Trinajstić information content (AvgIpc) is 3.43. The van der Waals surface area contributed by atoms with E-state index in [2.05, 4.69) is 10.3 Å². The van der Waals surface area contributed by atoms with E-state index >= 15 is 0 Å². The highest BCUT2D eigenvalue weighted by atomic mass is 35.5. The van der Waals surface area contributed by atoms with Crippen LogP contribution < -0.4 is 5.32 Å². The molecule has 0 bridgehead atoms. The molecule has 40 heavy (non-hydrogen) atoms. The Labute approximate surface area is 234 Å². The Morgan fingerprint density at radius 1 is 0.975 bits per heavy atom. The standard InChI is InChI=1S/C31H26ClF3N2O3/c32-22-11-9-21(10-12-22)30(15-3-4-16-30)29(40)37-27(28(38)39)18-19-7-13-25-20(17-19)8-14-26(36-25)23-5-1-2-6-24(23)31(33,34)35/h1-2,5-14,17,27H,3-4,15-16,18H2,(H,37,40)(H,38,39). The maximum Gasteiger partial charge on any atom is 0.417 e. The zero-order chi connectivity index (χ0) is 28.5. The van der Waals surface area contributed by atoms with E-state index < -0.39 is 29.2 Å². The van der Waals surface area contributed by atoms with E-state index in [-0.39, 0.29) is 23.6 Å². The number of amides is 1. The monoisotopic (exact) mass is 566 g/mol. The summed E-state index contributed by atoms with van der Waals surface area (Å²) in [7, 11) is 0. The second-order valence-corrected chi connectivity index (χ2v) is 10.6. The zero-order valence-corrected chi connectivity index (χ0v) is 22.1. The fourth-order valence-electron chi connectivity index (χ4n) is 5.53. The van der Waals surface area contributed by atoms with Crippen molar-refractivity contribution in [2.75, 3.05) is 0 Å². The van der Waals surface area contributed by atoms with E-state index in [4.69, 9.17) is 11.6 Å². The van der Waals surface area contributed by atoms with Crippen LogP contribution in [0.4, 0.5) is 13.2 Å². The number of fused-ring (bicyclic) bond motifs is 1. The van der Waals surface area contributed by atoms with Crippen LogP contribution in [0.15, 0.2) is 78.9 Å². The quantitative estimate of drug-likeness (QED) is 0.248. The molecule has 1 aromatic heterocycles. The van der Waals surface area contributed by atoms with Crippen molar-refractivity contribution in [2.45, 2.75) is 49.7 Å². The summed E-state index contributed by atoms with van der Waals surface area (Å²) >= 11 is 6.04. The fraction of sp³-hybridized carbons (Fsp3) is 0.258. The third-order valence-corrected chi connectivity index (χ3v) is 7.85. The van der Waals surface area contributed by atoms with E-state index in [9.17, 15) is 27.9 Å². The number of alkyl halides is 3. The summed E-state index contributed by atoms with van der Waals surface area (Å²) in [6.45, 7) is 0. The number of benzene rings is 3. The Kier molecular flexibility index (Phi) is 7.55. The van der Waals surface area contributed by atoms with Gasteiger partial charge in [0.05, 0.1) is 22.2 Å². The van der Waals surface area contributed by atoms with E-state index in [0.29, 0.717) is 34.3 Å². The average molecular weight is 567 g/mol. The Morgan fingerprint density at radius 3 is 2.35 bits per heavy atom. The number of carbonyl (C=O) groups excluding carboxylic acids is 1. The van der Waals surface area contributed by atoms with Crippen LogP contribution in [-0.2, 0) is 27.6 Å². The van der Waals surface area contributed by atoms with Crippen molar-refractivity contribution in [1.82, 2.24) is 10.3 Å². The van der Waals surface area contributed by atoms with Crippen LogP contribution >= 0.6 is 11.6 Å². The Morgan fingerprint density at radius 2 is 1.68 bits per heavy atom. The lowest BCUT2D eigenvalue weighted by molar-refractivity contribution is -0.142. The van der Waals surface area contributed by atoms with Gasteiger partial charge in [-0.15, -0.1) is 0 Å². The van der Waals surface area contributed by atoms with Crippen molar-refractivity contribution >= 4 is 34.4 Å². The molecule has 206 valence electrons. The molecular weight excluding hydrogens is 541 g/mol. The topological polar surface area (TPSA) is 79.3 Å². The first kappa shape index (κ1) is 27.6. The van der Waals surface area contributed by atoms with Gasteiger partial charge in [-0.3, -0.25) is 4.79 Å². The summed E-state index contributed by atoms with van der Waals surface area (Å²) in [5.74, 6) is -1.48. The fourth-order valence-corrected chi connectivity index (χ4v) is 5.66. The minimum atomic E-state index is -4.52. The van der Waals surface area contributed by atoms with Gasteiger partial charge in [0.1, 0.15) is 6.04 Å². The molecule has 1 aliphatic carbocycles. The Balaban J connectivity index is 1.38. The van der Waals surface area contributed by atoms with Crippen molar-refractivity contribution in [1.29, 1.82) is 0 Å². The van der Waals surface area contributed by atoms with Crippen LogP contribution in [0.3, 0.4) is 0 Å². The molecule has 0 aliphatic heterocycles. The van der Waals surface area contributed by atoms with Crippen molar-refractivity contribution in [3.8, 4) is 11.3 Å². The number of hydrogen-bond acceptors (Lipinski definition) is 3. The van der Waals surface area contributed by atoms with Crippen LogP contribution in [0.5, 0.6) is 0 Å². The summed E-state index contributed by atoms with van der Waals surface area (Å²) < 4.78 is 40.5. The maximum absolute atomic E-state index is 13.5. The molecule has 5 nitrogen and oxygen atoms in total. The van der Waals surface area contributed by atoms with Gasteiger partial charge in [0.15, 0.2) is 0 Å². The molecular formula is C31H26ClF3N2O3. The Hall–Kier alpha value is -3.91. The number of halogens is 4. The summed E-state index contributed by atoms with van der Waals surface area (Å²) in [4.78, 5) is 30.2. The minimum Gasteiger partial charge on any atom is -0.480 e. The first-order chi connectivity index (χ1) is 19.1. The number of pyridine rings is 1. The van der Waals surface area contributed by atoms with Gasteiger partial charge < -0.3 is 10.4 Å². The number of carboxylic acid groups (broad SMARTS) is 1. The third kappa shape index (κ3) is 5.54. The molecule has 0 radical (unpaired) electrons. The lowest BCUT2D eigenvalue weighted by atomic mass is 9.77. The molecule has 9 heteroatoms. The zero-order valence-electron chi connectivity index (χ0n) is 21.3. The molecule has 1 unspecified atom stereocenters. The first-order valence-corrected chi connectivity index (χ1v) is 13.3. The van der Waals surface area contributed by atoms with Crippen molar-refractivity contribution in [3.05, 3.63) is 101 Å². The van der Waals surface area contributed by atoms with Gasteiger partial charge in [-0.25, -0.2) is 9.78 Å². The molecule has 1 heterocycles. The summed E-state index contributed by atoms with van der Waals surface area (Å²) in [5, 5.41) is 13.9. The number of rotatable bonds is 7. The minimum absolute atomic E-state index is 0.0174. The second kappa shape index (κ2) is 10.9. The summed E-state index contributed by atoms with van der Waals surface area (Å²) in [5.41, 5.74) is 0.533. The molecule has 0 saturated heterocycles. The summed E-state index contributed by atoms with van der Waals surface area (Å²) in [6, 6.07) is 19.5. The smallest absolute Gasteiger partial charge is 0.417 e. The van der Waals surface area contributed by atoms with E-state index in [1.807, 2.05) is 12.1 Å². The van der Waals surface area contributed by atoms with Crippen molar-refractivity contribution in [2.24, 2.45) is 0 Å². The normalized spacial score (nSPS) is 15.6. The van der Waals surface area contributed by atoms with E-state index in [0.717, 1.165) is 24.5 Å². The first-order valence-electron chi connectivity index (χ1n) is 12.9. The van der Waals surface area contributed by atoms with E-state index in [1.165, 1.54) is 24.3 Å². The molecule has 1 amide bonds. The molecule has 4 aromatic rings. The second-order valence-electron chi connectivity index (χ2n) is 10.1. The van der Waals surface area contributed by atoms with E-state index in [1.54, 1.807) is 36.4 Å². The van der Waals surface area contributed by atoms with Gasteiger partial charge in [-0.1, -0.05) is 66.9 Å². The predicted molar refractivity (Wildman–Crippen MR) is 147 cm³/mol. The van der Waals surface area contributed by atoms with Gasteiger partial charge in [0, 0.05) is 22.4 Å². The Bertz CT molecular complexity index is 1560. The van der Waals surface area contributed by atoms with Gasteiger partial charge in [0.25, 0.3) is 0 Å². The largest absolute Gasteiger partial charge is 0.480 e. The van der Waals surface area contributed by atoms with Crippen LogP contribution in [0, 0.1) is 0 Å². The van der Waals surface area contributed by atoms with Crippen LogP contribution in [0.25, 0.3) is 22.2 Å². The lowest BCUT2D eigenvalue weighted by Crippen LogP contribution is -2.50. The number of nitrogens with one attached hydrogen (secondary N) is 1. The molecule has 1 atom stereocenters. The SMILES string of the molecule is O=C(O)C(Cc1ccc2nc(-c3ccccc3C(F)(F)F)ccc2c1)NC(=O)C1(c2ccc(Cl)cc2)CCCC1. The van der Waals surface area contributed by atoms with Crippen LogP contribution in [0.2, 0.25) is 5.02 Å². The molecule has 1 fully saturated rings. The van der Waals surface area contributed by atoms with Gasteiger partial charge >= 0.3 is 12.1 Å². The van der Waals surface area contributed by atoms with Crippen LogP contribution in [0.1, 0.15) is 42.4 Å². The van der Waals surface area contributed by atoms with Crippen molar-refractivity contribution < 1.29 is 27.9 Å². The number of carbonyl (C=O) groups is 2. The molecule has 0 spiro atoms. The lowest BCUT2D eigenvalue weighted by Gasteiger charge is -2.30. The van der Waals surface area contributed by atoms with Crippen LogP contribution in [-0.4, -0.2) is 28.0 Å². The van der Waals surface area contributed by atoms with Crippen molar-refractivity contribution in [3.63, 3.8) is 0 Å². The number of hydrogen-bond donors (Lipinski definition) is 2. The maximum atomic E-state index is 13.5. The highest BCUT2D eigenvalue weighted by Crippen LogP contribution is 2.42. The predicted octanol–water partition coefficient (Wildman–Crippen LogP) is 7.20. The summed E-state index contributed by atoms with van der Waals surface area (Å²) in [6.07, 6.45) is -1.52. The molecule has 2 N–H and O–H groups in total.